The van der Waals surface area contributed by atoms with Crippen molar-refractivity contribution in [2.45, 2.75) is 6.61 Å². The van der Waals surface area contributed by atoms with Gasteiger partial charge in [-0.05, 0) is 24.3 Å². The Balaban J connectivity index is 2.19. The van der Waals surface area contributed by atoms with Crippen LogP contribution >= 0.6 is 0 Å². The molecule has 7 heteroatoms. The highest BCUT2D eigenvalue weighted by Crippen LogP contribution is 2.28. The number of hydrogen-bond donors (Lipinski definition) is 1. The Bertz CT molecular complexity index is 710. The molecule has 0 amide bonds. The molecule has 0 bridgehead atoms. The van der Waals surface area contributed by atoms with Crippen molar-refractivity contribution in [3.05, 3.63) is 57.9 Å². The Hall–Kier alpha value is -3.14. The monoisotopic (exact) mass is 284 g/mol. The molecule has 106 valence electrons. The van der Waals surface area contributed by atoms with Crippen molar-refractivity contribution in [1.29, 1.82) is 5.26 Å². The van der Waals surface area contributed by atoms with E-state index in [-0.39, 0.29) is 23.6 Å². The summed E-state index contributed by atoms with van der Waals surface area (Å²) in [4.78, 5) is 14.5. The van der Waals surface area contributed by atoms with Crippen LogP contribution in [0.4, 0.5) is 11.4 Å². The third kappa shape index (κ3) is 3.45. The summed E-state index contributed by atoms with van der Waals surface area (Å²) in [6.07, 6.45) is 1.62. The highest BCUT2D eigenvalue weighted by Gasteiger charge is 2.16. The van der Waals surface area contributed by atoms with Crippen LogP contribution < -0.4 is 10.1 Å². The van der Waals surface area contributed by atoms with Crippen LogP contribution in [0, 0.1) is 21.4 Å². The third-order valence-corrected chi connectivity index (χ3v) is 2.77. The van der Waals surface area contributed by atoms with Crippen LogP contribution in [0.2, 0.25) is 0 Å². The molecule has 0 atom stereocenters. The first-order valence-corrected chi connectivity index (χ1v) is 6.08. The van der Waals surface area contributed by atoms with Crippen LogP contribution in [0.25, 0.3) is 0 Å². The van der Waals surface area contributed by atoms with Gasteiger partial charge in [0, 0.05) is 25.0 Å². The van der Waals surface area contributed by atoms with Crippen LogP contribution in [-0.4, -0.2) is 17.0 Å². The quantitative estimate of drug-likeness (QED) is 0.668. The number of anilines is 1. The highest BCUT2D eigenvalue weighted by atomic mass is 16.6. The number of benzene rings is 1. The maximum Gasteiger partial charge on any atom is 0.312 e. The second kappa shape index (κ2) is 6.34. The second-order valence-corrected chi connectivity index (χ2v) is 4.13. The number of nitriles is 1. The smallest absolute Gasteiger partial charge is 0.312 e. The van der Waals surface area contributed by atoms with Crippen molar-refractivity contribution in [1.82, 2.24) is 4.98 Å². The highest BCUT2D eigenvalue weighted by molar-refractivity contribution is 5.51. The van der Waals surface area contributed by atoms with Crippen molar-refractivity contribution >= 4 is 11.4 Å². The molecule has 0 saturated carbocycles. The van der Waals surface area contributed by atoms with Crippen molar-refractivity contribution in [2.24, 2.45) is 0 Å². The summed E-state index contributed by atoms with van der Waals surface area (Å²) in [5, 5.41) is 22.7. The van der Waals surface area contributed by atoms with E-state index in [1.165, 1.54) is 18.2 Å². The summed E-state index contributed by atoms with van der Waals surface area (Å²) >= 11 is 0. The van der Waals surface area contributed by atoms with Gasteiger partial charge in [-0.15, -0.1) is 0 Å². The largest absolute Gasteiger partial charge is 0.480 e. The van der Waals surface area contributed by atoms with Crippen LogP contribution in [0.3, 0.4) is 0 Å². The molecule has 0 fully saturated rings. The topological polar surface area (TPSA) is 101 Å². The number of rotatable bonds is 5. The maximum absolute atomic E-state index is 11.0. The second-order valence-electron chi connectivity index (χ2n) is 4.13. The van der Waals surface area contributed by atoms with Gasteiger partial charge in [0.2, 0.25) is 0 Å². The van der Waals surface area contributed by atoms with Gasteiger partial charge in [-0.2, -0.15) is 5.26 Å². The number of nitrogens with one attached hydrogen (secondary N) is 1. The summed E-state index contributed by atoms with van der Waals surface area (Å²) in [5.41, 5.74) is 1.49. The average molecular weight is 284 g/mol. The lowest BCUT2D eigenvalue weighted by molar-refractivity contribution is -0.386. The standard InChI is InChI=1S/C14H12N4O3/c1-16-11-4-5-17-12(7-11)9-21-14-3-2-10(8-15)6-13(14)18(19)20/h2-7H,9H2,1H3,(H,16,17). The summed E-state index contributed by atoms with van der Waals surface area (Å²) in [7, 11) is 1.78. The van der Waals surface area contributed by atoms with Crippen molar-refractivity contribution < 1.29 is 9.66 Å². The first-order valence-electron chi connectivity index (χ1n) is 6.08. The Kier molecular flexibility index (Phi) is 4.31. The van der Waals surface area contributed by atoms with Crippen LogP contribution in [-0.2, 0) is 6.61 Å². The fraction of sp³-hybridized carbons (Fsp3) is 0.143. The molecule has 0 spiro atoms. The summed E-state index contributed by atoms with van der Waals surface area (Å²) in [6.45, 7) is 0.0995. The predicted octanol–water partition coefficient (Wildman–Crippen LogP) is 2.48. The lowest BCUT2D eigenvalue weighted by Gasteiger charge is -2.07. The van der Waals surface area contributed by atoms with E-state index in [0.29, 0.717) is 5.69 Å². The molecule has 21 heavy (non-hydrogen) atoms. The van der Waals surface area contributed by atoms with Crippen LogP contribution in [0.1, 0.15) is 11.3 Å². The van der Waals surface area contributed by atoms with E-state index >= 15 is 0 Å². The summed E-state index contributed by atoms with van der Waals surface area (Å²) in [5.74, 6) is 0.107. The third-order valence-electron chi connectivity index (χ3n) is 2.77. The van der Waals surface area contributed by atoms with E-state index in [4.69, 9.17) is 10.00 Å². The molecule has 7 nitrogen and oxygen atoms in total. The van der Waals surface area contributed by atoms with E-state index in [1.54, 1.807) is 25.4 Å². The van der Waals surface area contributed by atoms with Gasteiger partial charge in [-0.1, -0.05) is 0 Å². The molecule has 0 radical (unpaired) electrons. The Labute approximate surface area is 121 Å². The lowest BCUT2D eigenvalue weighted by Crippen LogP contribution is -2.02. The van der Waals surface area contributed by atoms with E-state index < -0.39 is 4.92 Å². The van der Waals surface area contributed by atoms with E-state index in [9.17, 15) is 10.1 Å². The number of hydrogen-bond acceptors (Lipinski definition) is 6. The lowest BCUT2D eigenvalue weighted by atomic mass is 10.2. The molecule has 1 aromatic heterocycles. The van der Waals surface area contributed by atoms with E-state index in [0.717, 1.165) is 5.69 Å². The number of aromatic nitrogens is 1. The zero-order valence-electron chi connectivity index (χ0n) is 11.2. The van der Waals surface area contributed by atoms with Gasteiger partial charge in [-0.3, -0.25) is 15.1 Å². The fourth-order valence-electron chi connectivity index (χ4n) is 1.72. The number of nitro groups is 1. The van der Waals surface area contributed by atoms with Crippen molar-refractivity contribution in [2.75, 3.05) is 12.4 Å². The first kappa shape index (κ1) is 14.3. The Morgan fingerprint density at radius 3 is 2.90 bits per heavy atom. The minimum Gasteiger partial charge on any atom is -0.480 e. The Morgan fingerprint density at radius 1 is 1.43 bits per heavy atom. The molecule has 2 rings (SSSR count). The van der Waals surface area contributed by atoms with Crippen LogP contribution in [0.5, 0.6) is 5.75 Å². The van der Waals surface area contributed by atoms with Crippen LogP contribution in [0.15, 0.2) is 36.5 Å². The predicted molar refractivity (Wildman–Crippen MR) is 75.9 cm³/mol. The molecule has 1 aromatic carbocycles. The Morgan fingerprint density at radius 2 is 2.24 bits per heavy atom. The summed E-state index contributed by atoms with van der Waals surface area (Å²) in [6, 6.07) is 9.52. The molecule has 1 heterocycles. The minimum atomic E-state index is -0.576. The minimum absolute atomic E-state index is 0.0995. The average Bonchev–Trinajstić information content (AvgIpc) is 2.52. The SMILES string of the molecule is CNc1ccnc(COc2ccc(C#N)cc2[N+](=O)[O-])c1. The van der Waals surface area contributed by atoms with Crippen molar-refractivity contribution in [3.63, 3.8) is 0 Å². The molecular weight excluding hydrogens is 272 g/mol. The van der Waals surface area contributed by atoms with Gasteiger partial charge in [0.25, 0.3) is 0 Å². The van der Waals surface area contributed by atoms with Gasteiger partial charge in [0.15, 0.2) is 5.75 Å². The zero-order chi connectivity index (χ0) is 15.2. The molecule has 0 saturated heterocycles. The van der Waals surface area contributed by atoms with Crippen molar-refractivity contribution in [3.8, 4) is 11.8 Å². The number of ether oxygens (including phenoxy) is 1. The number of pyridine rings is 1. The fourth-order valence-corrected chi connectivity index (χ4v) is 1.72. The van der Waals surface area contributed by atoms with E-state index in [2.05, 4.69) is 10.3 Å². The van der Waals surface area contributed by atoms with E-state index in [1.807, 2.05) is 6.07 Å². The number of nitro benzene ring substituents is 1. The van der Waals surface area contributed by atoms with Gasteiger partial charge in [-0.25, -0.2) is 0 Å². The summed E-state index contributed by atoms with van der Waals surface area (Å²) < 4.78 is 5.44. The molecule has 0 unspecified atom stereocenters. The maximum atomic E-state index is 11.0. The molecule has 0 aliphatic heterocycles. The molecule has 2 aromatic rings. The first-order chi connectivity index (χ1) is 10.1. The zero-order valence-corrected chi connectivity index (χ0v) is 11.2. The van der Waals surface area contributed by atoms with Gasteiger partial charge in [0.05, 0.1) is 22.2 Å². The normalized spacial score (nSPS) is 9.71. The molecule has 0 aliphatic carbocycles. The van der Waals surface area contributed by atoms with Gasteiger partial charge < -0.3 is 10.1 Å². The molecule has 0 aliphatic rings. The molecular formula is C14H12N4O3. The van der Waals surface area contributed by atoms with Gasteiger partial charge >= 0.3 is 5.69 Å². The molecule has 1 N–H and O–H groups in total. The van der Waals surface area contributed by atoms with Gasteiger partial charge in [0.1, 0.15) is 6.61 Å². The number of nitrogens with zero attached hydrogens (tertiary/aromatic N) is 3.